The third kappa shape index (κ3) is 2.69. The van der Waals surface area contributed by atoms with Crippen LogP contribution in [0.5, 0.6) is 0 Å². The second-order valence-electron chi connectivity index (χ2n) is 4.79. The Kier molecular flexibility index (Phi) is 3.75. The van der Waals surface area contributed by atoms with Crippen LogP contribution >= 0.6 is 15.9 Å². The Morgan fingerprint density at radius 2 is 1.95 bits per heavy atom. The van der Waals surface area contributed by atoms with Crippen LogP contribution in [0, 0.1) is 0 Å². The van der Waals surface area contributed by atoms with Gasteiger partial charge in [-0.1, -0.05) is 42.5 Å². The molecule has 0 unspecified atom stereocenters. The summed E-state index contributed by atoms with van der Waals surface area (Å²) in [6.45, 7) is 0.634. The fraction of sp³-hybridized carbons (Fsp3) is 0.125. The maximum atomic E-state index is 11.8. The van der Waals surface area contributed by atoms with E-state index in [9.17, 15) is 4.79 Å². The number of fused-ring (bicyclic) bond motifs is 1. The molecule has 0 spiro atoms. The first-order valence-corrected chi connectivity index (χ1v) is 7.38. The molecular formula is C16H14BrN3O. The second kappa shape index (κ2) is 5.69. The van der Waals surface area contributed by atoms with Gasteiger partial charge in [-0.2, -0.15) is 5.10 Å². The highest BCUT2D eigenvalue weighted by atomic mass is 79.9. The number of hydrogen-bond acceptors (Lipinski definition) is 3. The van der Waals surface area contributed by atoms with Crippen LogP contribution in [0.15, 0.2) is 57.9 Å². The zero-order chi connectivity index (χ0) is 14.8. The Hall–Kier alpha value is -2.14. The first-order valence-electron chi connectivity index (χ1n) is 6.59. The van der Waals surface area contributed by atoms with Gasteiger partial charge in [0.15, 0.2) is 0 Å². The highest BCUT2D eigenvalue weighted by Crippen LogP contribution is 2.21. The lowest BCUT2D eigenvalue weighted by atomic mass is 10.0. The number of hydrogen-bond donors (Lipinski definition) is 1. The maximum absolute atomic E-state index is 11.8. The Morgan fingerprint density at radius 1 is 1.19 bits per heavy atom. The summed E-state index contributed by atoms with van der Waals surface area (Å²) >= 11 is 3.32. The van der Waals surface area contributed by atoms with Crippen molar-refractivity contribution in [1.82, 2.24) is 9.78 Å². The number of aryl methyl sites for hydroxylation is 1. The molecule has 0 saturated heterocycles. The van der Waals surface area contributed by atoms with Crippen molar-refractivity contribution in [2.75, 3.05) is 5.32 Å². The molecule has 0 atom stereocenters. The van der Waals surface area contributed by atoms with Crippen LogP contribution in [0.2, 0.25) is 0 Å². The molecule has 3 rings (SSSR count). The average Bonchev–Trinajstić information content (AvgIpc) is 2.52. The van der Waals surface area contributed by atoms with Crippen molar-refractivity contribution in [3.05, 3.63) is 69.1 Å². The van der Waals surface area contributed by atoms with Crippen LogP contribution in [0.25, 0.3) is 10.8 Å². The van der Waals surface area contributed by atoms with E-state index < -0.39 is 0 Å². The third-order valence-corrected chi connectivity index (χ3v) is 4.19. The molecule has 0 aliphatic heterocycles. The molecule has 0 amide bonds. The van der Waals surface area contributed by atoms with E-state index in [0.717, 1.165) is 0 Å². The van der Waals surface area contributed by atoms with Gasteiger partial charge in [0, 0.05) is 13.6 Å². The lowest BCUT2D eigenvalue weighted by molar-refractivity contribution is 0.703. The normalized spacial score (nSPS) is 10.8. The van der Waals surface area contributed by atoms with Gasteiger partial charge in [-0.3, -0.25) is 4.79 Å². The van der Waals surface area contributed by atoms with E-state index in [2.05, 4.69) is 50.6 Å². The standard InChI is InChI=1S/C16H14BrN3O/c1-20-16(21)15(17)14(10-19-20)18-9-12-7-4-6-11-5-2-3-8-13(11)12/h2-8,10,18H,9H2,1H3. The summed E-state index contributed by atoms with van der Waals surface area (Å²) < 4.78 is 1.80. The number of rotatable bonds is 3. The average molecular weight is 344 g/mol. The Bertz CT molecular complexity index is 852. The van der Waals surface area contributed by atoms with Crippen LogP contribution in [0.3, 0.4) is 0 Å². The summed E-state index contributed by atoms with van der Waals surface area (Å²) in [5.41, 5.74) is 1.73. The molecule has 2 aromatic carbocycles. The lowest BCUT2D eigenvalue weighted by Crippen LogP contribution is -2.21. The van der Waals surface area contributed by atoms with Crippen molar-refractivity contribution in [3.8, 4) is 0 Å². The number of aromatic nitrogens is 2. The van der Waals surface area contributed by atoms with Gasteiger partial charge in [-0.05, 0) is 32.3 Å². The lowest BCUT2D eigenvalue weighted by Gasteiger charge is -2.10. The summed E-state index contributed by atoms with van der Waals surface area (Å²) in [7, 11) is 1.63. The minimum atomic E-state index is -0.155. The molecule has 4 nitrogen and oxygen atoms in total. The number of benzene rings is 2. The summed E-state index contributed by atoms with van der Waals surface area (Å²) in [6, 6.07) is 14.5. The van der Waals surface area contributed by atoms with E-state index in [-0.39, 0.29) is 5.56 Å². The van der Waals surface area contributed by atoms with Gasteiger partial charge in [0.05, 0.1) is 11.9 Å². The van der Waals surface area contributed by atoms with Gasteiger partial charge >= 0.3 is 0 Å². The van der Waals surface area contributed by atoms with E-state index in [1.807, 2.05) is 18.2 Å². The third-order valence-electron chi connectivity index (χ3n) is 3.43. The van der Waals surface area contributed by atoms with Gasteiger partial charge in [0.1, 0.15) is 4.47 Å². The molecule has 106 valence electrons. The topological polar surface area (TPSA) is 46.9 Å². The first kappa shape index (κ1) is 13.8. The molecule has 1 aromatic heterocycles. The number of nitrogens with one attached hydrogen (secondary N) is 1. The van der Waals surface area contributed by atoms with E-state index in [0.29, 0.717) is 16.7 Å². The molecule has 0 aliphatic carbocycles. The Labute approximate surface area is 130 Å². The van der Waals surface area contributed by atoms with Crippen molar-refractivity contribution in [2.24, 2.45) is 7.05 Å². The van der Waals surface area contributed by atoms with Gasteiger partial charge in [-0.25, -0.2) is 4.68 Å². The Balaban J connectivity index is 1.91. The number of halogens is 1. The predicted molar refractivity (Wildman–Crippen MR) is 88.5 cm³/mol. The molecule has 0 fully saturated rings. The van der Waals surface area contributed by atoms with E-state index >= 15 is 0 Å². The number of anilines is 1. The minimum Gasteiger partial charge on any atom is -0.379 e. The van der Waals surface area contributed by atoms with Crippen molar-refractivity contribution in [1.29, 1.82) is 0 Å². The largest absolute Gasteiger partial charge is 0.379 e. The first-order chi connectivity index (χ1) is 10.2. The zero-order valence-corrected chi connectivity index (χ0v) is 13.1. The molecule has 21 heavy (non-hydrogen) atoms. The monoisotopic (exact) mass is 343 g/mol. The summed E-state index contributed by atoms with van der Waals surface area (Å²) in [6.07, 6.45) is 1.65. The highest BCUT2D eigenvalue weighted by molar-refractivity contribution is 9.10. The Morgan fingerprint density at radius 3 is 2.81 bits per heavy atom. The fourth-order valence-electron chi connectivity index (χ4n) is 2.27. The summed E-state index contributed by atoms with van der Waals surface area (Å²) in [4.78, 5) is 11.8. The molecule has 1 N–H and O–H groups in total. The van der Waals surface area contributed by atoms with Gasteiger partial charge in [-0.15, -0.1) is 0 Å². The van der Waals surface area contributed by atoms with E-state index in [4.69, 9.17) is 0 Å². The second-order valence-corrected chi connectivity index (χ2v) is 5.59. The highest BCUT2D eigenvalue weighted by Gasteiger charge is 2.07. The number of nitrogens with zero attached hydrogens (tertiary/aromatic N) is 2. The zero-order valence-electron chi connectivity index (χ0n) is 11.5. The minimum absolute atomic E-state index is 0.155. The quantitative estimate of drug-likeness (QED) is 0.793. The van der Waals surface area contributed by atoms with Crippen LogP contribution in [-0.2, 0) is 13.6 Å². The molecule has 3 aromatic rings. The predicted octanol–water partition coefficient (Wildman–Crippen LogP) is 3.31. The maximum Gasteiger partial charge on any atom is 0.282 e. The molecule has 0 aliphatic rings. The van der Waals surface area contributed by atoms with Crippen molar-refractivity contribution in [3.63, 3.8) is 0 Å². The van der Waals surface area contributed by atoms with Gasteiger partial charge in [0.25, 0.3) is 5.56 Å². The van der Waals surface area contributed by atoms with Crippen molar-refractivity contribution >= 4 is 32.4 Å². The van der Waals surface area contributed by atoms with Crippen LogP contribution in [0.4, 0.5) is 5.69 Å². The van der Waals surface area contributed by atoms with Crippen LogP contribution in [-0.4, -0.2) is 9.78 Å². The van der Waals surface area contributed by atoms with Gasteiger partial charge in [0.2, 0.25) is 0 Å². The molecule has 0 saturated carbocycles. The molecule has 5 heteroatoms. The van der Waals surface area contributed by atoms with Crippen LogP contribution in [0.1, 0.15) is 5.56 Å². The van der Waals surface area contributed by atoms with E-state index in [1.165, 1.54) is 21.0 Å². The fourth-order valence-corrected chi connectivity index (χ4v) is 2.77. The SMILES string of the molecule is Cn1ncc(NCc2cccc3ccccc23)c(Br)c1=O. The van der Waals surface area contributed by atoms with Crippen molar-refractivity contribution in [2.45, 2.75) is 6.54 Å². The molecule has 0 radical (unpaired) electrons. The molecular weight excluding hydrogens is 330 g/mol. The molecule has 0 bridgehead atoms. The molecule has 1 heterocycles. The van der Waals surface area contributed by atoms with Gasteiger partial charge < -0.3 is 5.32 Å². The smallest absolute Gasteiger partial charge is 0.282 e. The van der Waals surface area contributed by atoms with E-state index in [1.54, 1.807) is 13.2 Å². The van der Waals surface area contributed by atoms with Crippen molar-refractivity contribution < 1.29 is 0 Å². The summed E-state index contributed by atoms with van der Waals surface area (Å²) in [5, 5.41) is 9.71. The summed E-state index contributed by atoms with van der Waals surface area (Å²) in [5.74, 6) is 0. The van der Waals surface area contributed by atoms with Crippen LogP contribution < -0.4 is 10.9 Å².